The standard InChI is InChI=1S/C15H20N2O3S/c1-21-10-8-12(14(18)19)16-15(20)17-9-4-6-11-5-2-3-7-13(11)17/h2-3,5,7,12H,4,6,8-10H2,1H3,(H,16,20)(H,18,19)/t12-/m0/s1. The van der Waals surface area contributed by atoms with Crippen LogP contribution in [0.1, 0.15) is 18.4 Å². The van der Waals surface area contributed by atoms with E-state index in [2.05, 4.69) is 5.32 Å². The molecule has 0 fully saturated rings. The van der Waals surface area contributed by atoms with E-state index in [1.807, 2.05) is 30.5 Å². The van der Waals surface area contributed by atoms with Crippen molar-refractivity contribution < 1.29 is 14.7 Å². The molecule has 2 amide bonds. The second-order valence-corrected chi connectivity index (χ2v) is 5.99. The maximum atomic E-state index is 12.4. The average Bonchev–Trinajstić information content (AvgIpc) is 2.50. The van der Waals surface area contributed by atoms with Gasteiger partial charge in [0, 0.05) is 12.2 Å². The van der Waals surface area contributed by atoms with Crippen LogP contribution in [-0.2, 0) is 11.2 Å². The van der Waals surface area contributed by atoms with Crippen LogP contribution in [0.4, 0.5) is 10.5 Å². The first-order valence-electron chi connectivity index (χ1n) is 7.01. The van der Waals surface area contributed by atoms with Crippen molar-refractivity contribution in [3.05, 3.63) is 29.8 Å². The number of carboxylic acid groups (broad SMARTS) is 1. The second-order valence-electron chi connectivity index (χ2n) is 5.01. The zero-order valence-corrected chi connectivity index (χ0v) is 12.9. The molecule has 0 aromatic heterocycles. The van der Waals surface area contributed by atoms with Crippen LogP contribution in [0.3, 0.4) is 0 Å². The zero-order valence-electron chi connectivity index (χ0n) is 12.0. The molecule has 0 unspecified atom stereocenters. The minimum absolute atomic E-state index is 0.323. The highest BCUT2D eigenvalue weighted by Crippen LogP contribution is 2.26. The lowest BCUT2D eigenvalue weighted by Gasteiger charge is -2.30. The summed E-state index contributed by atoms with van der Waals surface area (Å²) in [5.74, 6) is -0.281. The van der Waals surface area contributed by atoms with E-state index in [0.29, 0.717) is 18.7 Å². The molecule has 2 rings (SSSR count). The van der Waals surface area contributed by atoms with Crippen LogP contribution in [0.15, 0.2) is 24.3 Å². The van der Waals surface area contributed by atoms with Crippen molar-refractivity contribution in [2.45, 2.75) is 25.3 Å². The number of para-hydroxylation sites is 1. The van der Waals surface area contributed by atoms with Crippen LogP contribution in [0.2, 0.25) is 0 Å². The van der Waals surface area contributed by atoms with Crippen LogP contribution in [0.25, 0.3) is 0 Å². The van der Waals surface area contributed by atoms with Crippen molar-refractivity contribution in [1.82, 2.24) is 5.32 Å². The highest BCUT2D eigenvalue weighted by atomic mass is 32.2. The Morgan fingerprint density at radius 2 is 2.19 bits per heavy atom. The molecule has 1 atom stereocenters. The fraction of sp³-hybridized carbons (Fsp3) is 0.467. The molecule has 1 aliphatic rings. The second kappa shape index (κ2) is 7.36. The van der Waals surface area contributed by atoms with Gasteiger partial charge >= 0.3 is 12.0 Å². The summed E-state index contributed by atoms with van der Waals surface area (Å²) in [7, 11) is 0. The number of fused-ring (bicyclic) bond motifs is 1. The topological polar surface area (TPSA) is 69.6 Å². The van der Waals surface area contributed by atoms with Gasteiger partial charge in [0.1, 0.15) is 6.04 Å². The summed E-state index contributed by atoms with van der Waals surface area (Å²) in [5.41, 5.74) is 2.02. The molecule has 6 heteroatoms. The number of hydrogen-bond donors (Lipinski definition) is 2. The van der Waals surface area contributed by atoms with E-state index in [4.69, 9.17) is 0 Å². The highest BCUT2D eigenvalue weighted by molar-refractivity contribution is 7.98. The molecule has 0 saturated carbocycles. The maximum absolute atomic E-state index is 12.4. The van der Waals surface area contributed by atoms with Crippen LogP contribution in [-0.4, -0.2) is 41.7 Å². The molecule has 21 heavy (non-hydrogen) atoms. The lowest BCUT2D eigenvalue weighted by atomic mass is 10.0. The first-order valence-corrected chi connectivity index (χ1v) is 8.40. The van der Waals surface area contributed by atoms with Crippen molar-refractivity contribution in [3.8, 4) is 0 Å². The third-order valence-electron chi connectivity index (χ3n) is 3.56. The molecular weight excluding hydrogens is 288 g/mol. The third-order valence-corrected chi connectivity index (χ3v) is 4.21. The summed E-state index contributed by atoms with van der Waals surface area (Å²) >= 11 is 1.57. The van der Waals surface area contributed by atoms with Crippen LogP contribution >= 0.6 is 11.8 Å². The molecule has 1 aliphatic heterocycles. The Hall–Kier alpha value is -1.69. The molecule has 0 bridgehead atoms. The van der Waals surface area contributed by atoms with Gasteiger partial charge in [-0.25, -0.2) is 9.59 Å². The van der Waals surface area contributed by atoms with Gasteiger partial charge in [-0.1, -0.05) is 18.2 Å². The molecule has 1 aromatic carbocycles. The number of nitrogens with zero attached hydrogens (tertiary/aromatic N) is 1. The number of carbonyl (C=O) groups excluding carboxylic acids is 1. The van der Waals surface area contributed by atoms with E-state index >= 15 is 0 Å². The van der Waals surface area contributed by atoms with Crippen molar-refractivity contribution in [2.75, 3.05) is 23.5 Å². The van der Waals surface area contributed by atoms with Crippen LogP contribution in [0, 0.1) is 0 Å². The number of urea groups is 1. The van der Waals surface area contributed by atoms with Crippen molar-refractivity contribution >= 4 is 29.4 Å². The molecule has 1 heterocycles. The lowest BCUT2D eigenvalue weighted by Crippen LogP contribution is -2.49. The monoisotopic (exact) mass is 308 g/mol. The highest BCUT2D eigenvalue weighted by Gasteiger charge is 2.26. The molecule has 0 spiro atoms. The number of aliphatic carboxylic acids is 1. The van der Waals surface area contributed by atoms with Crippen LogP contribution in [0.5, 0.6) is 0 Å². The summed E-state index contributed by atoms with van der Waals surface area (Å²) in [6.07, 6.45) is 4.20. The Morgan fingerprint density at radius 1 is 1.43 bits per heavy atom. The molecule has 5 nitrogen and oxygen atoms in total. The van der Waals surface area contributed by atoms with Gasteiger partial charge in [0.2, 0.25) is 0 Å². The first kappa shape index (κ1) is 15.7. The number of anilines is 1. The number of amides is 2. The van der Waals surface area contributed by atoms with E-state index in [1.165, 1.54) is 0 Å². The molecule has 2 N–H and O–H groups in total. The minimum Gasteiger partial charge on any atom is -0.480 e. The van der Waals surface area contributed by atoms with Gasteiger partial charge < -0.3 is 10.4 Å². The number of rotatable bonds is 5. The maximum Gasteiger partial charge on any atom is 0.326 e. The fourth-order valence-electron chi connectivity index (χ4n) is 2.46. The predicted molar refractivity (Wildman–Crippen MR) is 85.1 cm³/mol. The Labute approximate surface area is 128 Å². The molecular formula is C15H20N2O3S. The average molecular weight is 308 g/mol. The largest absolute Gasteiger partial charge is 0.480 e. The van der Waals surface area contributed by atoms with E-state index in [0.717, 1.165) is 24.1 Å². The molecule has 1 aromatic rings. The summed E-state index contributed by atoms with van der Waals surface area (Å²) in [6.45, 7) is 0.623. The van der Waals surface area contributed by atoms with Gasteiger partial charge in [-0.05, 0) is 42.9 Å². The van der Waals surface area contributed by atoms with Gasteiger partial charge in [0.25, 0.3) is 0 Å². The Balaban J connectivity index is 2.08. The lowest BCUT2D eigenvalue weighted by molar-refractivity contribution is -0.139. The number of carbonyl (C=O) groups is 2. The van der Waals surface area contributed by atoms with E-state index in [-0.39, 0.29) is 6.03 Å². The van der Waals surface area contributed by atoms with Crippen molar-refractivity contribution in [2.24, 2.45) is 0 Å². The van der Waals surface area contributed by atoms with Gasteiger partial charge in [0.15, 0.2) is 0 Å². The minimum atomic E-state index is -0.984. The normalized spacial score (nSPS) is 15.2. The summed E-state index contributed by atoms with van der Waals surface area (Å²) in [6, 6.07) is 6.61. The Morgan fingerprint density at radius 3 is 2.90 bits per heavy atom. The number of benzene rings is 1. The van der Waals surface area contributed by atoms with Gasteiger partial charge in [-0.3, -0.25) is 4.90 Å². The van der Waals surface area contributed by atoms with Gasteiger partial charge in [-0.2, -0.15) is 11.8 Å². The number of thioether (sulfide) groups is 1. The number of aryl methyl sites for hydroxylation is 1. The van der Waals surface area contributed by atoms with E-state index in [1.54, 1.807) is 16.7 Å². The third kappa shape index (κ3) is 3.91. The van der Waals surface area contributed by atoms with E-state index < -0.39 is 12.0 Å². The number of hydrogen-bond acceptors (Lipinski definition) is 3. The molecule has 0 radical (unpaired) electrons. The van der Waals surface area contributed by atoms with Gasteiger partial charge in [0.05, 0.1) is 0 Å². The quantitative estimate of drug-likeness (QED) is 0.876. The van der Waals surface area contributed by atoms with Crippen molar-refractivity contribution in [3.63, 3.8) is 0 Å². The number of nitrogens with one attached hydrogen (secondary N) is 1. The Kier molecular flexibility index (Phi) is 5.50. The molecule has 0 saturated heterocycles. The smallest absolute Gasteiger partial charge is 0.326 e. The van der Waals surface area contributed by atoms with Crippen LogP contribution < -0.4 is 10.2 Å². The predicted octanol–water partition coefficient (Wildman–Crippen LogP) is 2.36. The van der Waals surface area contributed by atoms with Crippen molar-refractivity contribution in [1.29, 1.82) is 0 Å². The SMILES string of the molecule is CSCC[C@H](NC(=O)N1CCCc2ccccc21)C(=O)O. The zero-order chi connectivity index (χ0) is 15.2. The first-order chi connectivity index (χ1) is 10.1. The summed E-state index contributed by atoms with van der Waals surface area (Å²) in [5, 5.41) is 11.8. The van der Waals surface area contributed by atoms with E-state index in [9.17, 15) is 14.7 Å². The summed E-state index contributed by atoms with van der Waals surface area (Å²) < 4.78 is 0. The fourth-order valence-corrected chi connectivity index (χ4v) is 2.94. The molecule has 114 valence electrons. The summed E-state index contributed by atoms with van der Waals surface area (Å²) in [4.78, 5) is 25.3. The number of carboxylic acids is 1. The Bertz CT molecular complexity index is 521. The van der Waals surface area contributed by atoms with Gasteiger partial charge in [-0.15, -0.1) is 0 Å². The molecule has 0 aliphatic carbocycles.